The topological polar surface area (TPSA) is 132 Å². The molecule has 2 aliphatic heterocycles. The van der Waals surface area contributed by atoms with E-state index in [0.29, 0.717) is 60.2 Å². The lowest BCUT2D eigenvalue weighted by atomic mass is 10.1. The second kappa shape index (κ2) is 14.1. The fourth-order valence-electron chi connectivity index (χ4n) is 5.20. The van der Waals surface area contributed by atoms with E-state index in [1.807, 2.05) is 30.3 Å². The number of carbonyl (C=O) groups is 5. The van der Waals surface area contributed by atoms with Crippen molar-refractivity contribution in [2.45, 2.75) is 38.1 Å². The zero-order valence-corrected chi connectivity index (χ0v) is 24.6. The molecule has 2 heterocycles. The lowest BCUT2D eigenvalue weighted by molar-refractivity contribution is -0.153. The number of amides is 3. The smallest absolute Gasteiger partial charge is 0.410 e. The molecule has 0 spiro atoms. The van der Waals surface area contributed by atoms with Gasteiger partial charge in [0.05, 0.1) is 0 Å². The van der Waals surface area contributed by atoms with Gasteiger partial charge in [-0.3, -0.25) is 14.3 Å². The van der Waals surface area contributed by atoms with Gasteiger partial charge in [-0.05, 0) is 47.0 Å². The second-order valence-corrected chi connectivity index (χ2v) is 10.6. The third kappa shape index (κ3) is 7.20. The molecule has 0 bridgehead atoms. The van der Waals surface area contributed by atoms with Gasteiger partial charge in [-0.2, -0.15) is 0 Å². The Labute approximate surface area is 259 Å². The van der Waals surface area contributed by atoms with Crippen molar-refractivity contribution in [1.82, 2.24) is 14.5 Å². The van der Waals surface area contributed by atoms with Gasteiger partial charge in [0.15, 0.2) is 6.61 Å². The van der Waals surface area contributed by atoms with Crippen LogP contribution in [0.15, 0.2) is 72.8 Å². The number of thiol groups is 1. The average molecular weight is 618 g/mol. The van der Waals surface area contributed by atoms with Crippen molar-refractivity contribution in [3.63, 3.8) is 0 Å². The Morgan fingerprint density at radius 3 is 2.41 bits per heavy atom. The average Bonchev–Trinajstić information content (AvgIpc) is 3.38. The van der Waals surface area contributed by atoms with E-state index < -0.39 is 24.0 Å². The molecular formula is C32H31N3O8S. The molecular weight excluding hydrogens is 586 g/mol. The highest BCUT2D eigenvalue weighted by Gasteiger charge is 2.34. The van der Waals surface area contributed by atoms with E-state index in [4.69, 9.17) is 14.2 Å². The molecule has 228 valence electrons. The highest BCUT2D eigenvalue weighted by Crippen LogP contribution is 2.32. The number of likely N-dealkylation sites (tertiary alicyclic amines) is 1. The highest BCUT2D eigenvalue weighted by molar-refractivity contribution is 7.78. The lowest BCUT2D eigenvalue weighted by Crippen LogP contribution is -2.42. The Morgan fingerprint density at radius 1 is 1.00 bits per heavy atom. The number of nitrogens with zero attached hydrogens (tertiary/aromatic N) is 2. The summed E-state index contributed by atoms with van der Waals surface area (Å²) in [6.45, 7) is 0.901. The Bertz CT molecular complexity index is 1520. The largest absolute Gasteiger partial charge is 0.482 e. The van der Waals surface area contributed by atoms with Crippen molar-refractivity contribution >= 4 is 43.0 Å². The van der Waals surface area contributed by atoms with Crippen LogP contribution >= 0.6 is 12.8 Å². The van der Waals surface area contributed by atoms with Gasteiger partial charge in [-0.15, -0.1) is 0 Å². The number of benzene rings is 3. The van der Waals surface area contributed by atoms with Crippen molar-refractivity contribution < 1.29 is 38.2 Å². The summed E-state index contributed by atoms with van der Waals surface area (Å²) < 4.78 is 18.7. The Balaban J connectivity index is 1.07. The first-order chi connectivity index (χ1) is 21.4. The number of hydrogen-bond donors (Lipinski definition) is 2. The molecule has 1 unspecified atom stereocenters. The molecule has 2 aliphatic rings. The van der Waals surface area contributed by atoms with Crippen LogP contribution < -0.4 is 9.46 Å². The first kappa shape index (κ1) is 30.6. The first-order valence-corrected chi connectivity index (χ1v) is 14.5. The standard InChI is InChI=1S/C32H31N3O8S/c36-18-28(35-17-24-16-23(30(38)33-44)8-11-27(24)31(35)39)22-6-9-25(10-7-22)41-20-29(37)43-26-12-14-34(15-13-26)32(40)42-19-21-4-2-1-3-5-21/h1-11,16,18,26,28,44H,12-15,17,19-20H2,(H,33,38). The predicted molar refractivity (Wildman–Crippen MR) is 161 cm³/mol. The van der Waals surface area contributed by atoms with E-state index in [-0.39, 0.29) is 31.8 Å². The van der Waals surface area contributed by atoms with Gasteiger partial charge in [-0.1, -0.05) is 55.3 Å². The summed E-state index contributed by atoms with van der Waals surface area (Å²) in [7, 11) is 0. The van der Waals surface area contributed by atoms with Gasteiger partial charge in [0.1, 0.15) is 30.8 Å². The van der Waals surface area contributed by atoms with Gasteiger partial charge >= 0.3 is 12.1 Å². The minimum absolute atomic E-state index is 0.170. The van der Waals surface area contributed by atoms with Crippen LogP contribution in [0.4, 0.5) is 4.79 Å². The SMILES string of the molecule is O=CC(c1ccc(OCC(=O)OC2CCN(C(=O)OCc3ccccc3)CC2)cc1)N1Cc2cc(C(=O)NS)ccc2C1=O. The molecule has 44 heavy (non-hydrogen) atoms. The molecule has 12 heteroatoms. The summed E-state index contributed by atoms with van der Waals surface area (Å²) in [6, 6.07) is 19.8. The van der Waals surface area contributed by atoms with Crippen molar-refractivity contribution in [1.29, 1.82) is 0 Å². The van der Waals surface area contributed by atoms with Gasteiger partial charge < -0.3 is 28.8 Å². The van der Waals surface area contributed by atoms with Crippen LogP contribution in [-0.2, 0) is 32.2 Å². The number of fused-ring (bicyclic) bond motifs is 1. The number of piperidine rings is 1. The third-order valence-corrected chi connectivity index (χ3v) is 7.75. The number of aldehydes is 1. The Hall–Kier alpha value is -4.84. The molecule has 3 aromatic carbocycles. The second-order valence-electron chi connectivity index (χ2n) is 10.4. The summed E-state index contributed by atoms with van der Waals surface area (Å²) in [5.41, 5.74) is 2.91. The van der Waals surface area contributed by atoms with Crippen LogP contribution in [0.5, 0.6) is 5.75 Å². The van der Waals surface area contributed by atoms with Gasteiger partial charge in [0.25, 0.3) is 11.8 Å². The molecule has 11 nitrogen and oxygen atoms in total. The van der Waals surface area contributed by atoms with Crippen molar-refractivity contribution in [2.24, 2.45) is 0 Å². The van der Waals surface area contributed by atoms with Crippen molar-refractivity contribution in [2.75, 3.05) is 19.7 Å². The number of nitrogens with one attached hydrogen (secondary N) is 1. The number of ether oxygens (including phenoxy) is 3. The fourth-order valence-corrected chi connectivity index (χ4v) is 5.32. The molecule has 5 rings (SSSR count). The molecule has 0 aliphatic carbocycles. The zero-order valence-electron chi connectivity index (χ0n) is 23.7. The molecule has 3 aromatic rings. The van der Waals surface area contributed by atoms with Crippen LogP contribution in [0.1, 0.15) is 56.3 Å². The molecule has 0 saturated carbocycles. The number of hydrogen-bond acceptors (Lipinski definition) is 9. The molecule has 1 fully saturated rings. The molecule has 1 N–H and O–H groups in total. The van der Waals surface area contributed by atoms with Crippen LogP contribution in [0.2, 0.25) is 0 Å². The van der Waals surface area contributed by atoms with Gasteiger partial charge in [0, 0.05) is 43.6 Å². The molecule has 3 amide bonds. The number of esters is 1. The summed E-state index contributed by atoms with van der Waals surface area (Å²) >= 11 is 3.78. The Morgan fingerprint density at radius 2 is 1.73 bits per heavy atom. The minimum Gasteiger partial charge on any atom is -0.482 e. The van der Waals surface area contributed by atoms with Gasteiger partial charge in [0.2, 0.25) is 0 Å². The van der Waals surface area contributed by atoms with E-state index in [9.17, 15) is 24.0 Å². The predicted octanol–water partition coefficient (Wildman–Crippen LogP) is 3.88. The van der Waals surface area contributed by atoms with Crippen LogP contribution in [0.3, 0.4) is 0 Å². The van der Waals surface area contributed by atoms with Crippen LogP contribution in [0.25, 0.3) is 0 Å². The van der Waals surface area contributed by atoms with Crippen molar-refractivity contribution in [3.8, 4) is 5.75 Å². The van der Waals surface area contributed by atoms with Gasteiger partial charge in [-0.25, -0.2) is 9.59 Å². The molecule has 1 saturated heterocycles. The molecule has 0 aromatic heterocycles. The fraction of sp³-hybridized carbons (Fsp3) is 0.281. The van der Waals surface area contributed by atoms with E-state index in [1.54, 1.807) is 41.3 Å². The highest BCUT2D eigenvalue weighted by atomic mass is 32.1. The van der Waals surface area contributed by atoms with E-state index >= 15 is 0 Å². The normalized spacial score (nSPS) is 15.2. The summed E-state index contributed by atoms with van der Waals surface area (Å²) in [4.78, 5) is 64.8. The van der Waals surface area contributed by atoms with E-state index in [1.165, 1.54) is 11.0 Å². The minimum atomic E-state index is -0.849. The van der Waals surface area contributed by atoms with E-state index in [2.05, 4.69) is 17.5 Å². The Kier molecular flexibility index (Phi) is 9.80. The maximum absolute atomic E-state index is 13.0. The quantitative estimate of drug-likeness (QED) is 0.199. The monoisotopic (exact) mass is 617 g/mol. The number of rotatable bonds is 10. The zero-order chi connectivity index (χ0) is 31.1. The van der Waals surface area contributed by atoms with Crippen LogP contribution in [0, 0.1) is 0 Å². The maximum Gasteiger partial charge on any atom is 0.410 e. The van der Waals surface area contributed by atoms with Crippen molar-refractivity contribution in [3.05, 3.63) is 101 Å². The number of carbonyl (C=O) groups excluding carboxylic acids is 5. The molecule has 0 radical (unpaired) electrons. The summed E-state index contributed by atoms with van der Waals surface area (Å²) in [6.07, 6.45) is 0.957. The first-order valence-electron chi connectivity index (χ1n) is 14.1. The van der Waals surface area contributed by atoms with E-state index in [0.717, 1.165) is 5.56 Å². The summed E-state index contributed by atoms with van der Waals surface area (Å²) in [5, 5.41) is 0. The third-order valence-electron chi connectivity index (χ3n) is 7.55. The maximum atomic E-state index is 13.0. The summed E-state index contributed by atoms with van der Waals surface area (Å²) in [5.74, 6) is -0.843. The molecule has 1 atom stereocenters. The lowest BCUT2D eigenvalue weighted by Gasteiger charge is -2.31. The van der Waals surface area contributed by atoms with Crippen LogP contribution in [-0.4, -0.2) is 65.8 Å².